The first-order valence-electron chi connectivity index (χ1n) is 5.24. The Morgan fingerprint density at radius 1 is 1.33 bits per heavy atom. The van der Waals surface area contributed by atoms with Crippen molar-refractivity contribution in [3.05, 3.63) is 47.6 Å². The number of quaternary nitrogens is 1. The number of aromatic nitrogens is 1. The Balaban J connectivity index is 2.24. The van der Waals surface area contributed by atoms with Gasteiger partial charge < -0.3 is 20.7 Å². The number of nitrogens with one attached hydrogen (secondary N) is 1. The van der Waals surface area contributed by atoms with E-state index in [4.69, 9.17) is 4.74 Å². The summed E-state index contributed by atoms with van der Waals surface area (Å²) in [6.07, 6.45) is 1.50. The second kappa shape index (κ2) is 5.44. The lowest BCUT2D eigenvalue weighted by atomic mass is 10.3. The molecule has 0 amide bonds. The van der Waals surface area contributed by atoms with E-state index >= 15 is 0 Å². The summed E-state index contributed by atoms with van der Waals surface area (Å²) in [6.45, 7) is 0. The molecule has 0 radical (unpaired) electrons. The van der Waals surface area contributed by atoms with Gasteiger partial charge in [0.1, 0.15) is 23.1 Å². The third-order valence-corrected chi connectivity index (χ3v) is 2.30. The van der Waals surface area contributed by atoms with Gasteiger partial charge >= 0.3 is 0 Å². The van der Waals surface area contributed by atoms with E-state index in [0.29, 0.717) is 22.9 Å². The quantitative estimate of drug-likeness (QED) is 0.808. The van der Waals surface area contributed by atoms with Crippen molar-refractivity contribution in [2.75, 3.05) is 12.4 Å². The molecule has 18 heavy (non-hydrogen) atoms. The predicted molar refractivity (Wildman–Crippen MR) is 65.4 cm³/mol. The van der Waals surface area contributed by atoms with E-state index in [1.807, 2.05) is 0 Å². The van der Waals surface area contributed by atoms with Crippen LogP contribution in [0.3, 0.4) is 0 Å². The highest BCUT2D eigenvalue weighted by Gasteiger charge is 2.03. The molecule has 3 N–H and O–H groups in total. The smallest absolute Gasteiger partial charge is 0.136 e. The Hall–Kier alpha value is -2.18. The van der Waals surface area contributed by atoms with E-state index in [-0.39, 0.29) is 0 Å². The zero-order chi connectivity index (χ0) is 13.0. The number of ether oxygens (including phenoxy) is 1. The van der Waals surface area contributed by atoms with Gasteiger partial charge in [0.05, 0.1) is 7.11 Å². The second-order valence-corrected chi connectivity index (χ2v) is 3.60. The Kier molecular flexibility index (Phi) is 3.71. The van der Waals surface area contributed by atoms with Gasteiger partial charge in [-0.15, -0.1) is 0 Å². The highest BCUT2D eigenvalue weighted by atomic mass is 19.1. The summed E-state index contributed by atoms with van der Waals surface area (Å²) >= 11 is 0. The fourth-order valence-corrected chi connectivity index (χ4v) is 1.49. The zero-order valence-electron chi connectivity index (χ0n) is 9.68. The van der Waals surface area contributed by atoms with E-state index in [0.717, 1.165) is 5.48 Å². The SMILES string of the molecule is COc1cc(F)cc(Nc2cc([NH2+][O-])ccn2)c1. The fourth-order valence-electron chi connectivity index (χ4n) is 1.49. The molecule has 0 atom stereocenters. The maximum atomic E-state index is 13.3. The van der Waals surface area contributed by atoms with Crippen molar-refractivity contribution in [1.82, 2.24) is 4.98 Å². The lowest BCUT2D eigenvalue weighted by molar-refractivity contribution is -0.497. The number of rotatable bonds is 4. The summed E-state index contributed by atoms with van der Waals surface area (Å²) in [5.74, 6) is 0.458. The maximum absolute atomic E-state index is 13.3. The molecule has 0 spiro atoms. The van der Waals surface area contributed by atoms with Gasteiger partial charge in [-0.25, -0.2) is 9.37 Å². The van der Waals surface area contributed by atoms with Gasteiger partial charge in [0.25, 0.3) is 0 Å². The largest absolute Gasteiger partial charge is 0.630 e. The number of nitrogens with zero attached hydrogens (tertiary/aromatic N) is 1. The number of benzene rings is 1. The third kappa shape index (κ3) is 2.93. The number of anilines is 2. The monoisotopic (exact) mass is 249 g/mol. The van der Waals surface area contributed by atoms with Crippen LogP contribution in [0, 0.1) is 11.0 Å². The van der Waals surface area contributed by atoms with Gasteiger partial charge in [-0.05, 0) is 6.07 Å². The first-order chi connectivity index (χ1) is 8.71. The van der Waals surface area contributed by atoms with Gasteiger partial charge in [0, 0.05) is 36.1 Å². The summed E-state index contributed by atoms with van der Waals surface area (Å²) in [5.41, 5.74) is 1.72. The average molecular weight is 249 g/mol. The molecule has 94 valence electrons. The third-order valence-electron chi connectivity index (χ3n) is 2.30. The van der Waals surface area contributed by atoms with E-state index in [9.17, 15) is 9.60 Å². The van der Waals surface area contributed by atoms with Crippen LogP contribution in [0.5, 0.6) is 5.75 Å². The van der Waals surface area contributed by atoms with Gasteiger partial charge in [-0.1, -0.05) is 0 Å². The highest BCUT2D eigenvalue weighted by molar-refractivity contribution is 5.60. The summed E-state index contributed by atoms with van der Waals surface area (Å²) in [7, 11) is 1.46. The number of halogens is 1. The van der Waals surface area contributed by atoms with Crippen LogP contribution < -0.4 is 15.5 Å². The van der Waals surface area contributed by atoms with E-state index in [1.54, 1.807) is 18.2 Å². The normalized spacial score (nSPS) is 10.2. The Morgan fingerprint density at radius 3 is 2.89 bits per heavy atom. The molecular formula is C12H12FN3O2. The van der Waals surface area contributed by atoms with Gasteiger partial charge in [0.2, 0.25) is 0 Å². The van der Waals surface area contributed by atoms with Crippen LogP contribution >= 0.6 is 0 Å². The van der Waals surface area contributed by atoms with Crippen LogP contribution in [0.15, 0.2) is 36.5 Å². The predicted octanol–water partition coefficient (Wildman–Crippen LogP) is 1.67. The molecule has 0 saturated carbocycles. The van der Waals surface area contributed by atoms with Crippen molar-refractivity contribution in [3.63, 3.8) is 0 Å². The van der Waals surface area contributed by atoms with Crippen molar-refractivity contribution < 1.29 is 14.6 Å². The van der Waals surface area contributed by atoms with Crippen LogP contribution in [0.25, 0.3) is 0 Å². The number of nitrogens with two attached hydrogens (primary N) is 1. The van der Waals surface area contributed by atoms with Crippen LogP contribution in [-0.4, -0.2) is 12.1 Å². The van der Waals surface area contributed by atoms with Crippen molar-refractivity contribution >= 4 is 17.2 Å². The molecule has 2 aromatic rings. The molecule has 0 saturated heterocycles. The highest BCUT2D eigenvalue weighted by Crippen LogP contribution is 2.22. The minimum Gasteiger partial charge on any atom is -0.630 e. The Morgan fingerprint density at radius 2 is 2.17 bits per heavy atom. The molecule has 6 heteroatoms. The number of hydrogen-bond acceptors (Lipinski definition) is 4. The van der Waals surface area contributed by atoms with Crippen LogP contribution in [0.1, 0.15) is 0 Å². The standard InChI is InChI=1S/C12H12FN3O2/c1-18-11-5-8(13)4-10(6-11)15-12-7-9(16-17)2-3-14-12/h2-7H,16H2,1H3,(H,14,15). The molecule has 0 unspecified atom stereocenters. The summed E-state index contributed by atoms with van der Waals surface area (Å²) in [4.78, 5) is 4.03. The molecule has 0 aliphatic heterocycles. The molecule has 0 bridgehead atoms. The molecule has 1 aromatic heterocycles. The summed E-state index contributed by atoms with van der Waals surface area (Å²) < 4.78 is 18.2. The number of methoxy groups -OCH3 is 1. The molecule has 0 aliphatic carbocycles. The van der Waals surface area contributed by atoms with E-state index < -0.39 is 5.82 Å². The van der Waals surface area contributed by atoms with Crippen molar-refractivity contribution in [1.29, 1.82) is 0 Å². The van der Waals surface area contributed by atoms with Gasteiger partial charge in [-0.3, -0.25) is 0 Å². The minimum absolute atomic E-state index is 0.407. The van der Waals surface area contributed by atoms with Crippen LogP contribution in [0.2, 0.25) is 0 Å². The molecule has 0 aliphatic rings. The lowest BCUT2D eigenvalue weighted by Crippen LogP contribution is -2.70. The lowest BCUT2D eigenvalue weighted by Gasteiger charge is -2.09. The summed E-state index contributed by atoms with van der Waals surface area (Å²) in [5, 5.41) is 13.5. The molecule has 1 aromatic carbocycles. The first-order valence-corrected chi connectivity index (χ1v) is 5.24. The first kappa shape index (κ1) is 12.3. The van der Waals surface area contributed by atoms with Gasteiger partial charge in [-0.2, -0.15) is 0 Å². The fraction of sp³-hybridized carbons (Fsp3) is 0.0833. The number of hydrogen-bond donors (Lipinski definition) is 2. The molecule has 1 heterocycles. The molecule has 5 nitrogen and oxygen atoms in total. The van der Waals surface area contributed by atoms with Crippen LogP contribution in [-0.2, 0) is 0 Å². The molecule has 0 fully saturated rings. The molecular weight excluding hydrogens is 237 g/mol. The second-order valence-electron chi connectivity index (χ2n) is 3.60. The van der Waals surface area contributed by atoms with Crippen LogP contribution in [0.4, 0.5) is 21.6 Å². The average Bonchev–Trinajstić information content (AvgIpc) is 2.38. The Labute approximate surface area is 103 Å². The van der Waals surface area contributed by atoms with E-state index in [1.165, 1.54) is 25.4 Å². The zero-order valence-corrected chi connectivity index (χ0v) is 9.68. The van der Waals surface area contributed by atoms with Gasteiger partial charge in [0.15, 0.2) is 0 Å². The number of pyridine rings is 1. The molecule has 2 rings (SSSR count). The van der Waals surface area contributed by atoms with Crippen molar-refractivity contribution in [2.45, 2.75) is 0 Å². The van der Waals surface area contributed by atoms with E-state index in [2.05, 4.69) is 10.3 Å². The Bertz CT molecular complexity index is 549. The van der Waals surface area contributed by atoms with Crippen molar-refractivity contribution in [2.24, 2.45) is 0 Å². The topological polar surface area (TPSA) is 73.8 Å². The maximum Gasteiger partial charge on any atom is 0.136 e. The summed E-state index contributed by atoms with van der Waals surface area (Å²) in [6, 6.07) is 7.39. The minimum atomic E-state index is -0.414. The van der Waals surface area contributed by atoms with Crippen molar-refractivity contribution in [3.8, 4) is 5.75 Å².